The fraction of sp³-hybridized carbons (Fsp3) is 0.526. The topological polar surface area (TPSA) is 24.9 Å². The predicted molar refractivity (Wildman–Crippen MR) is 91.2 cm³/mol. The van der Waals surface area contributed by atoms with E-state index in [9.17, 15) is 0 Å². The van der Waals surface area contributed by atoms with Gasteiger partial charge < -0.3 is 5.32 Å². The predicted octanol–water partition coefficient (Wildman–Crippen LogP) is 5.12. The van der Waals surface area contributed by atoms with Gasteiger partial charge in [0.25, 0.3) is 0 Å². The Hall–Kier alpha value is -1.28. The molecule has 1 heterocycles. The van der Waals surface area contributed by atoms with Gasteiger partial charge >= 0.3 is 0 Å². The van der Waals surface area contributed by atoms with Gasteiger partial charge in [0.2, 0.25) is 0 Å². The minimum atomic E-state index is 0.636. The molecule has 22 heavy (non-hydrogen) atoms. The van der Waals surface area contributed by atoms with Gasteiger partial charge in [0.1, 0.15) is 5.82 Å². The zero-order valence-corrected chi connectivity index (χ0v) is 13.4. The zero-order chi connectivity index (χ0) is 14.7. The Morgan fingerprint density at radius 1 is 0.909 bits per heavy atom. The van der Waals surface area contributed by atoms with E-state index in [0.717, 1.165) is 45.4 Å². The van der Waals surface area contributed by atoms with Crippen molar-refractivity contribution in [3.05, 3.63) is 35.4 Å². The molecule has 0 atom stereocenters. The van der Waals surface area contributed by atoms with E-state index < -0.39 is 0 Å². The number of fused-ring (bicyclic) bond motifs is 1. The summed E-state index contributed by atoms with van der Waals surface area (Å²) in [5.74, 6) is 4.79. The van der Waals surface area contributed by atoms with Crippen LogP contribution in [0.1, 0.15) is 32.1 Å². The summed E-state index contributed by atoms with van der Waals surface area (Å²) < 4.78 is 0. The average Bonchev–Trinajstić information content (AvgIpc) is 2.50. The molecular formula is C19H21ClN2. The molecule has 2 aromatic rings. The fourth-order valence-corrected chi connectivity index (χ4v) is 5.67. The van der Waals surface area contributed by atoms with Crippen LogP contribution in [0.5, 0.6) is 0 Å². The first-order valence-electron chi connectivity index (χ1n) is 8.57. The molecule has 4 aliphatic carbocycles. The van der Waals surface area contributed by atoms with Crippen molar-refractivity contribution >= 4 is 28.3 Å². The Labute approximate surface area is 136 Å². The molecule has 0 saturated heterocycles. The second-order valence-electron chi connectivity index (χ2n) is 7.63. The van der Waals surface area contributed by atoms with E-state index in [-0.39, 0.29) is 0 Å². The van der Waals surface area contributed by atoms with Gasteiger partial charge in [-0.3, -0.25) is 0 Å². The highest BCUT2D eigenvalue weighted by Gasteiger charge is 2.48. The molecule has 0 spiro atoms. The van der Waals surface area contributed by atoms with Crippen molar-refractivity contribution in [3.63, 3.8) is 0 Å². The number of halogens is 1. The van der Waals surface area contributed by atoms with Crippen molar-refractivity contribution in [2.75, 3.05) is 5.32 Å². The Morgan fingerprint density at radius 3 is 2.32 bits per heavy atom. The maximum Gasteiger partial charge on any atom is 0.126 e. The van der Waals surface area contributed by atoms with Gasteiger partial charge in [-0.25, -0.2) is 4.98 Å². The minimum Gasteiger partial charge on any atom is -0.367 e. The number of anilines is 1. The first-order valence-corrected chi connectivity index (χ1v) is 8.95. The highest BCUT2D eigenvalue weighted by molar-refractivity contribution is 6.31. The van der Waals surface area contributed by atoms with Crippen LogP contribution in [0, 0.1) is 23.7 Å². The number of hydrogen-bond acceptors (Lipinski definition) is 2. The molecule has 6 rings (SSSR count). The van der Waals surface area contributed by atoms with Crippen molar-refractivity contribution in [1.82, 2.24) is 4.98 Å². The normalized spacial score (nSPS) is 36.0. The number of rotatable bonds is 2. The fourth-order valence-electron chi connectivity index (χ4n) is 5.50. The van der Waals surface area contributed by atoms with Gasteiger partial charge in [-0.05, 0) is 80.0 Å². The molecule has 0 radical (unpaired) electrons. The Balaban J connectivity index is 1.43. The van der Waals surface area contributed by atoms with Crippen molar-refractivity contribution in [1.29, 1.82) is 0 Å². The van der Waals surface area contributed by atoms with Gasteiger partial charge in [-0.15, -0.1) is 0 Å². The van der Waals surface area contributed by atoms with Crippen LogP contribution in [-0.4, -0.2) is 11.0 Å². The van der Waals surface area contributed by atoms with E-state index in [1.807, 2.05) is 18.2 Å². The van der Waals surface area contributed by atoms with Gasteiger partial charge in [-0.2, -0.15) is 0 Å². The van der Waals surface area contributed by atoms with Crippen LogP contribution >= 0.6 is 11.6 Å². The van der Waals surface area contributed by atoms with Crippen LogP contribution in [0.25, 0.3) is 10.9 Å². The van der Waals surface area contributed by atoms with E-state index in [1.165, 1.54) is 32.1 Å². The average molecular weight is 313 g/mol. The van der Waals surface area contributed by atoms with Crippen LogP contribution in [0.3, 0.4) is 0 Å². The number of nitrogens with zero attached hydrogens (tertiary/aromatic N) is 1. The number of pyridine rings is 1. The summed E-state index contributed by atoms with van der Waals surface area (Å²) in [6.07, 6.45) is 7.24. The maximum atomic E-state index is 6.10. The highest BCUT2D eigenvalue weighted by Crippen LogP contribution is 2.54. The molecule has 1 N–H and O–H groups in total. The molecule has 1 aromatic carbocycles. The molecule has 0 unspecified atom stereocenters. The van der Waals surface area contributed by atoms with Crippen molar-refractivity contribution < 1.29 is 0 Å². The Morgan fingerprint density at radius 2 is 1.59 bits per heavy atom. The number of nitrogens with one attached hydrogen (secondary N) is 1. The first kappa shape index (κ1) is 13.2. The molecular weight excluding hydrogens is 292 g/mol. The highest BCUT2D eigenvalue weighted by atomic mass is 35.5. The maximum absolute atomic E-state index is 6.10. The van der Waals surface area contributed by atoms with Crippen LogP contribution in [0.15, 0.2) is 30.3 Å². The monoisotopic (exact) mass is 312 g/mol. The minimum absolute atomic E-state index is 0.636. The lowest BCUT2D eigenvalue weighted by Crippen LogP contribution is -2.51. The summed E-state index contributed by atoms with van der Waals surface area (Å²) in [6, 6.07) is 10.8. The first-order chi connectivity index (χ1) is 10.7. The number of hydrogen-bond donors (Lipinski definition) is 1. The lowest BCUT2D eigenvalue weighted by atomic mass is 9.54. The summed E-state index contributed by atoms with van der Waals surface area (Å²) in [5.41, 5.74) is 0.987. The lowest BCUT2D eigenvalue weighted by molar-refractivity contribution is 0.00742. The zero-order valence-electron chi connectivity index (χ0n) is 12.6. The Bertz CT molecular complexity index is 698. The standard InChI is InChI=1S/C19H21ClN2/c20-16-3-1-13-2-4-18(21-17(13)10-16)22-19-14-6-11-5-12(8-14)9-15(19)7-11/h1-4,10-12,14-15,19H,5-9H2,(H,21,22). The molecule has 4 bridgehead atoms. The summed E-state index contributed by atoms with van der Waals surface area (Å²) in [4.78, 5) is 4.79. The third-order valence-corrected chi connectivity index (χ3v) is 6.43. The van der Waals surface area contributed by atoms with E-state index in [0.29, 0.717) is 6.04 Å². The largest absolute Gasteiger partial charge is 0.367 e. The van der Waals surface area contributed by atoms with Gasteiger partial charge in [-0.1, -0.05) is 17.7 Å². The van der Waals surface area contributed by atoms with Crippen molar-refractivity contribution in [2.45, 2.75) is 38.1 Å². The van der Waals surface area contributed by atoms with E-state index in [1.54, 1.807) is 0 Å². The van der Waals surface area contributed by atoms with Crippen LogP contribution < -0.4 is 5.32 Å². The van der Waals surface area contributed by atoms with Crippen LogP contribution in [-0.2, 0) is 0 Å². The van der Waals surface area contributed by atoms with Crippen LogP contribution in [0.4, 0.5) is 5.82 Å². The summed E-state index contributed by atoms with van der Waals surface area (Å²) >= 11 is 6.10. The molecule has 3 heteroatoms. The SMILES string of the molecule is Clc1ccc2ccc(NC3C4CC5CC(C4)CC3C5)nc2c1. The molecule has 0 amide bonds. The van der Waals surface area contributed by atoms with Gasteiger partial charge in [0, 0.05) is 16.5 Å². The second-order valence-corrected chi connectivity index (χ2v) is 8.07. The molecule has 0 aliphatic heterocycles. The molecule has 114 valence electrons. The third kappa shape index (κ3) is 2.11. The van der Waals surface area contributed by atoms with Gasteiger partial charge in [0.05, 0.1) is 5.52 Å². The summed E-state index contributed by atoms with van der Waals surface area (Å²) in [7, 11) is 0. The van der Waals surface area contributed by atoms with Crippen molar-refractivity contribution in [2.24, 2.45) is 23.7 Å². The molecule has 2 nitrogen and oxygen atoms in total. The lowest BCUT2D eigenvalue weighted by Gasteiger charge is -2.54. The molecule has 4 saturated carbocycles. The second kappa shape index (κ2) is 4.86. The smallest absolute Gasteiger partial charge is 0.126 e. The third-order valence-electron chi connectivity index (χ3n) is 6.20. The van der Waals surface area contributed by atoms with E-state index in [4.69, 9.17) is 16.6 Å². The Kier molecular flexibility index (Phi) is 2.91. The van der Waals surface area contributed by atoms with Crippen LogP contribution in [0.2, 0.25) is 5.02 Å². The molecule has 1 aromatic heterocycles. The molecule has 4 fully saturated rings. The number of benzene rings is 1. The molecule has 4 aliphatic rings. The summed E-state index contributed by atoms with van der Waals surface area (Å²) in [6.45, 7) is 0. The quantitative estimate of drug-likeness (QED) is 0.832. The number of aromatic nitrogens is 1. The van der Waals surface area contributed by atoms with Crippen molar-refractivity contribution in [3.8, 4) is 0 Å². The van der Waals surface area contributed by atoms with Gasteiger partial charge in [0.15, 0.2) is 0 Å². The summed E-state index contributed by atoms with van der Waals surface area (Å²) in [5, 5.41) is 5.69. The van der Waals surface area contributed by atoms with E-state index in [2.05, 4.69) is 17.4 Å². The van der Waals surface area contributed by atoms with E-state index >= 15 is 0 Å².